The molecule has 0 rings (SSSR count). The lowest BCUT2D eigenvalue weighted by Crippen LogP contribution is -2.25. The first-order valence-electron chi connectivity index (χ1n) is 10.3. The minimum Gasteiger partial charge on any atom is -0.481 e. The molecule has 0 aromatic rings. The van der Waals surface area contributed by atoms with Crippen molar-refractivity contribution in [2.75, 3.05) is 0 Å². The molecule has 0 aliphatic carbocycles. The van der Waals surface area contributed by atoms with E-state index in [1.165, 1.54) is 0 Å². The highest BCUT2D eigenvalue weighted by Gasteiger charge is 2.13. The van der Waals surface area contributed by atoms with Crippen LogP contribution in [-0.2, 0) is 4.79 Å². The van der Waals surface area contributed by atoms with Gasteiger partial charge in [0.15, 0.2) is 0 Å². The highest BCUT2D eigenvalue weighted by atomic mass is 16.4. The Balaban J connectivity index is 4.33. The van der Waals surface area contributed by atoms with E-state index in [0.717, 1.165) is 32.1 Å². The zero-order valence-corrected chi connectivity index (χ0v) is 13.7. The fourth-order valence-corrected chi connectivity index (χ4v) is 2.04. The SMILES string of the molecule is [2H]/C(CCCCCCCC(=O)O)=C(\[2H])C[C@@]([2H])(O)[C@]([2H])(O)CCCCC. The lowest BCUT2D eigenvalue weighted by Gasteiger charge is -2.15. The second kappa shape index (κ2) is 15.0. The molecule has 130 valence electrons. The molecule has 4 heteroatoms. The van der Waals surface area contributed by atoms with Gasteiger partial charge in [-0.15, -0.1) is 0 Å². The quantitative estimate of drug-likeness (QED) is 0.314. The molecule has 0 saturated heterocycles. The number of carbonyl (C=O) groups is 1. The van der Waals surface area contributed by atoms with Gasteiger partial charge in [0, 0.05) is 6.42 Å². The van der Waals surface area contributed by atoms with Crippen molar-refractivity contribution < 1.29 is 25.6 Å². The second-order valence-corrected chi connectivity index (χ2v) is 5.54. The molecule has 0 aliphatic rings. The smallest absolute Gasteiger partial charge is 0.303 e. The average molecular weight is 318 g/mol. The largest absolute Gasteiger partial charge is 0.481 e. The summed E-state index contributed by atoms with van der Waals surface area (Å²) in [5.41, 5.74) is 0. The summed E-state index contributed by atoms with van der Waals surface area (Å²) in [4.78, 5) is 10.4. The molecule has 0 saturated carbocycles. The van der Waals surface area contributed by atoms with Gasteiger partial charge in [-0.05, 0) is 32.1 Å². The lowest BCUT2D eigenvalue weighted by atomic mass is 10.0. The second-order valence-electron chi connectivity index (χ2n) is 5.54. The molecule has 0 aromatic heterocycles. The van der Waals surface area contributed by atoms with E-state index in [1.807, 2.05) is 6.92 Å². The minimum atomic E-state index is -2.51. The lowest BCUT2D eigenvalue weighted by molar-refractivity contribution is -0.137. The number of hydrogen-bond acceptors (Lipinski definition) is 3. The standard InChI is InChI=1S/C18H34O4/c1-2-3-10-13-16(19)17(20)14-11-8-6-4-5-7-9-12-15-18(21)22/h8,11,16-17,19-20H,2-7,9-10,12-15H2,1H3,(H,21,22)/b11-8-/t16-,17-/m1/s1/i8D,11D,16D,17D. The Morgan fingerprint density at radius 2 is 1.73 bits per heavy atom. The highest BCUT2D eigenvalue weighted by molar-refractivity contribution is 5.66. The van der Waals surface area contributed by atoms with Crippen LogP contribution in [0.3, 0.4) is 0 Å². The molecule has 3 N–H and O–H groups in total. The molecule has 0 heterocycles. The number of rotatable bonds is 15. The Kier molecular flexibility index (Phi) is 10.1. The number of allylic oxidation sites excluding steroid dienone is 1. The first-order chi connectivity index (χ1) is 12.0. The summed E-state index contributed by atoms with van der Waals surface area (Å²) < 4.78 is 31.4. The number of carboxylic acid groups (broad SMARTS) is 1. The van der Waals surface area contributed by atoms with Gasteiger partial charge in [-0.1, -0.05) is 57.6 Å². The normalized spacial score (nSPS) is 20.7. The van der Waals surface area contributed by atoms with Crippen molar-refractivity contribution in [2.24, 2.45) is 0 Å². The molecule has 0 spiro atoms. The summed E-state index contributed by atoms with van der Waals surface area (Å²) in [5.74, 6) is -0.799. The zero-order chi connectivity index (χ0) is 20.2. The van der Waals surface area contributed by atoms with E-state index in [2.05, 4.69) is 0 Å². The maximum Gasteiger partial charge on any atom is 0.303 e. The predicted octanol–water partition coefficient (Wildman–Crippen LogP) is 4.05. The van der Waals surface area contributed by atoms with Crippen LogP contribution in [0.5, 0.6) is 0 Å². The molecule has 0 bridgehead atoms. The van der Waals surface area contributed by atoms with Gasteiger partial charge >= 0.3 is 5.97 Å². The third-order valence-corrected chi connectivity index (χ3v) is 3.42. The van der Waals surface area contributed by atoms with Gasteiger partial charge in [-0.25, -0.2) is 0 Å². The van der Waals surface area contributed by atoms with Gasteiger partial charge in [0.1, 0.15) is 0 Å². The Hall–Kier alpha value is -0.870. The summed E-state index contributed by atoms with van der Waals surface area (Å²) >= 11 is 0. The van der Waals surface area contributed by atoms with E-state index in [1.54, 1.807) is 0 Å². The fraction of sp³-hybridized carbons (Fsp3) is 0.833. The minimum absolute atomic E-state index is 0.00516. The van der Waals surface area contributed by atoms with Gasteiger partial charge < -0.3 is 15.3 Å². The third-order valence-electron chi connectivity index (χ3n) is 3.42. The first kappa shape index (κ1) is 14.7. The highest BCUT2D eigenvalue weighted by Crippen LogP contribution is 2.11. The van der Waals surface area contributed by atoms with Crippen molar-refractivity contribution in [2.45, 2.75) is 96.1 Å². The Morgan fingerprint density at radius 3 is 2.41 bits per heavy atom. The molecular weight excluding hydrogens is 280 g/mol. The van der Waals surface area contributed by atoms with E-state index in [9.17, 15) is 15.0 Å². The molecule has 0 aliphatic heterocycles. The average Bonchev–Trinajstić information content (AvgIpc) is 2.52. The number of aliphatic carboxylic acids is 1. The van der Waals surface area contributed by atoms with Crippen molar-refractivity contribution in [3.05, 3.63) is 12.1 Å². The molecule has 0 unspecified atom stereocenters. The van der Waals surface area contributed by atoms with Gasteiger partial charge in [-0.2, -0.15) is 0 Å². The number of unbranched alkanes of at least 4 members (excludes halogenated alkanes) is 6. The summed E-state index contributed by atoms with van der Waals surface area (Å²) in [6, 6.07) is -0.222. The van der Waals surface area contributed by atoms with Crippen LogP contribution in [0.4, 0.5) is 0 Å². The Labute approximate surface area is 140 Å². The van der Waals surface area contributed by atoms with Gasteiger partial charge in [0.2, 0.25) is 0 Å². The van der Waals surface area contributed by atoms with Gasteiger partial charge in [0.25, 0.3) is 0 Å². The fourth-order valence-electron chi connectivity index (χ4n) is 2.04. The van der Waals surface area contributed by atoms with E-state index in [0.29, 0.717) is 25.7 Å². The monoisotopic (exact) mass is 318 g/mol. The van der Waals surface area contributed by atoms with Gasteiger partial charge in [0.05, 0.1) is 17.6 Å². The van der Waals surface area contributed by atoms with Crippen molar-refractivity contribution in [1.29, 1.82) is 0 Å². The van der Waals surface area contributed by atoms with Crippen LogP contribution >= 0.6 is 0 Å². The van der Waals surface area contributed by atoms with E-state index in [-0.39, 0.29) is 24.9 Å². The summed E-state index contributed by atoms with van der Waals surface area (Å²) in [6.45, 7) is 1.97. The van der Waals surface area contributed by atoms with E-state index < -0.39 is 24.6 Å². The Bertz CT molecular complexity index is 450. The van der Waals surface area contributed by atoms with Crippen molar-refractivity contribution in [3.8, 4) is 0 Å². The third kappa shape index (κ3) is 14.1. The zero-order valence-electron chi connectivity index (χ0n) is 17.7. The van der Waals surface area contributed by atoms with Crippen LogP contribution in [0.2, 0.25) is 0 Å². The number of carboxylic acids is 1. The molecule has 4 nitrogen and oxygen atoms in total. The van der Waals surface area contributed by atoms with Crippen LogP contribution in [0, 0.1) is 0 Å². The van der Waals surface area contributed by atoms with Crippen LogP contribution < -0.4 is 0 Å². The van der Waals surface area contributed by atoms with Crippen LogP contribution in [0.15, 0.2) is 12.1 Å². The van der Waals surface area contributed by atoms with E-state index >= 15 is 0 Å². The molecule has 2 atom stereocenters. The Morgan fingerprint density at radius 1 is 1.05 bits per heavy atom. The summed E-state index contributed by atoms with van der Waals surface area (Å²) in [5, 5.41) is 28.7. The summed E-state index contributed by atoms with van der Waals surface area (Å²) in [7, 11) is 0. The van der Waals surface area contributed by atoms with Crippen LogP contribution in [-0.4, -0.2) is 33.4 Å². The van der Waals surface area contributed by atoms with E-state index in [4.69, 9.17) is 10.6 Å². The molecule has 22 heavy (non-hydrogen) atoms. The molecule has 0 aromatic carbocycles. The number of aliphatic hydroxyl groups is 2. The van der Waals surface area contributed by atoms with Crippen LogP contribution in [0.1, 0.15) is 89.5 Å². The van der Waals surface area contributed by atoms with Crippen LogP contribution in [0.25, 0.3) is 0 Å². The molecule has 0 radical (unpaired) electrons. The molecule has 0 amide bonds. The topological polar surface area (TPSA) is 77.8 Å². The van der Waals surface area contributed by atoms with Crippen molar-refractivity contribution >= 4 is 5.97 Å². The maximum atomic E-state index is 10.4. The summed E-state index contributed by atoms with van der Waals surface area (Å²) in [6.07, 6.45) is 1.03. The van der Waals surface area contributed by atoms with Crippen molar-refractivity contribution in [3.63, 3.8) is 0 Å². The molecule has 0 fully saturated rings. The molecular formula is C18H34O4. The van der Waals surface area contributed by atoms with Gasteiger partial charge in [-0.3, -0.25) is 4.79 Å². The first-order valence-corrected chi connectivity index (χ1v) is 8.35. The maximum absolute atomic E-state index is 10.4. The predicted molar refractivity (Wildman–Crippen MR) is 89.9 cm³/mol. The van der Waals surface area contributed by atoms with Crippen molar-refractivity contribution in [1.82, 2.24) is 0 Å². The number of hydrogen-bond donors (Lipinski definition) is 3.